The first-order valence-corrected chi connectivity index (χ1v) is 12.0. The Morgan fingerprint density at radius 3 is 2.19 bits per heavy atom. The molecule has 162 valence electrons. The number of carbonyl (C=O) groups is 1. The van der Waals surface area contributed by atoms with E-state index in [0.29, 0.717) is 31.9 Å². The Hall–Kier alpha value is -2.90. The lowest BCUT2D eigenvalue weighted by Crippen LogP contribution is -2.32. The van der Waals surface area contributed by atoms with Crippen LogP contribution in [0.5, 0.6) is 0 Å². The molecule has 6 nitrogen and oxygen atoms in total. The van der Waals surface area contributed by atoms with Gasteiger partial charge in [0.05, 0.1) is 0 Å². The van der Waals surface area contributed by atoms with Gasteiger partial charge < -0.3 is 9.88 Å². The van der Waals surface area contributed by atoms with Crippen LogP contribution in [0, 0.1) is 0 Å². The summed E-state index contributed by atoms with van der Waals surface area (Å²) in [5.41, 5.74) is 2.47. The molecule has 0 unspecified atom stereocenters. The molecule has 1 aromatic heterocycles. The van der Waals surface area contributed by atoms with Crippen molar-refractivity contribution in [1.82, 2.24) is 14.2 Å². The summed E-state index contributed by atoms with van der Waals surface area (Å²) in [5, 5.41) is 0. The number of aromatic nitrogens is 1. The average molecular weight is 438 g/mol. The predicted octanol–water partition coefficient (Wildman–Crippen LogP) is 3.68. The fraction of sp³-hybridized carbons (Fsp3) is 0.292. The van der Waals surface area contributed by atoms with Crippen LogP contribution in [0.1, 0.15) is 34.5 Å². The highest BCUT2D eigenvalue weighted by atomic mass is 32.2. The highest BCUT2D eigenvalue weighted by Crippen LogP contribution is 2.22. The Balaban J connectivity index is 1.54. The molecule has 0 atom stereocenters. The number of sulfonamides is 1. The molecule has 1 aliphatic rings. The predicted molar refractivity (Wildman–Crippen MR) is 120 cm³/mol. The molecule has 1 N–H and O–H groups in total. The first-order chi connectivity index (χ1) is 15.0. The van der Waals surface area contributed by atoms with E-state index in [9.17, 15) is 13.2 Å². The topological polar surface area (TPSA) is 73.5 Å². The number of benzene rings is 2. The molecule has 0 bridgehead atoms. The molecule has 3 aromatic rings. The number of nitrogens with one attached hydrogen (secondary N) is 1. The minimum absolute atomic E-state index is 0.153. The van der Waals surface area contributed by atoms with Crippen LogP contribution in [0.4, 0.5) is 0 Å². The van der Waals surface area contributed by atoms with Crippen LogP contribution in [0.2, 0.25) is 0 Å². The van der Waals surface area contributed by atoms with E-state index in [-0.39, 0.29) is 10.8 Å². The molecule has 2 heterocycles. The summed E-state index contributed by atoms with van der Waals surface area (Å²) in [6.07, 6.45) is 3.90. The molecule has 2 aromatic carbocycles. The van der Waals surface area contributed by atoms with Crippen LogP contribution in [-0.2, 0) is 23.0 Å². The van der Waals surface area contributed by atoms with E-state index in [2.05, 4.69) is 4.98 Å². The third kappa shape index (κ3) is 5.06. The summed E-state index contributed by atoms with van der Waals surface area (Å²) in [7, 11) is -3.56. The molecule has 4 rings (SSSR count). The van der Waals surface area contributed by atoms with E-state index in [0.717, 1.165) is 30.4 Å². The number of H-pyrrole nitrogens is 1. The van der Waals surface area contributed by atoms with E-state index in [4.69, 9.17) is 0 Å². The third-order valence-corrected chi connectivity index (χ3v) is 7.48. The zero-order valence-corrected chi connectivity index (χ0v) is 18.2. The number of hydrogen-bond donors (Lipinski definition) is 1. The van der Waals surface area contributed by atoms with Gasteiger partial charge >= 0.3 is 0 Å². The van der Waals surface area contributed by atoms with Crippen LogP contribution in [0.3, 0.4) is 0 Å². The molecular weight excluding hydrogens is 410 g/mol. The van der Waals surface area contributed by atoms with Crippen LogP contribution in [0.25, 0.3) is 0 Å². The molecule has 1 saturated heterocycles. The molecule has 31 heavy (non-hydrogen) atoms. The summed E-state index contributed by atoms with van der Waals surface area (Å²) < 4.78 is 27.1. The standard InChI is InChI=1S/C24H27N3O3S/c28-24(23-17-22(18-25-23)31(29,30)27-14-7-8-15-27)26(19-21-11-5-2-6-12-21)16-13-20-9-3-1-4-10-20/h1-6,9-12,17-18,25H,7-8,13-16,19H2. The number of amides is 1. The van der Waals surface area contributed by atoms with Gasteiger partial charge in [-0.05, 0) is 36.5 Å². The Labute approximate surface area is 183 Å². The van der Waals surface area contributed by atoms with Gasteiger partial charge in [0.15, 0.2) is 0 Å². The minimum atomic E-state index is -3.56. The second-order valence-corrected chi connectivity index (χ2v) is 9.75. The number of nitrogens with zero attached hydrogens (tertiary/aromatic N) is 2. The second-order valence-electron chi connectivity index (χ2n) is 7.81. The van der Waals surface area contributed by atoms with E-state index < -0.39 is 10.0 Å². The van der Waals surface area contributed by atoms with Crippen molar-refractivity contribution in [3.05, 3.63) is 89.7 Å². The van der Waals surface area contributed by atoms with Crippen LogP contribution in [-0.4, -0.2) is 48.1 Å². The summed E-state index contributed by atoms with van der Waals surface area (Å²) >= 11 is 0. The van der Waals surface area contributed by atoms with Crippen LogP contribution in [0.15, 0.2) is 77.8 Å². The monoisotopic (exact) mass is 437 g/mol. The number of hydrogen-bond acceptors (Lipinski definition) is 3. The molecule has 1 amide bonds. The molecule has 1 fully saturated rings. The van der Waals surface area contributed by atoms with Gasteiger partial charge in [-0.2, -0.15) is 4.31 Å². The van der Waals surface area contributed by atoms with Crippen LogP contribution >= 0.6 is 0 Å². The van der Waals surface area contributed by atoms with Gasteiger partial charge in [-0.15, -0.1) is 0 Å². The fourth-order valence-electron chi connectivity index (χ4n) is 3.86. The lowest BCUT2D eigenvalue weighted by Gasteiger charge is -2.22. The lowest BCUT2D eigenvalue weighted by molar-refractivity contribution is 0.0740. The fourth-order valence-corrected chi connectivity index (χ4v) is 5.37. The van der Waals surface area contributed by atoms with Crippen molar-refractivity contribution in [3.63, 3.8) is 0 Å². The molecular formula is C24H27N3O3S. The van der Waals surface area contributed by atoms with Crippen molar-refractivity contribution in [2.75, 3.05) is 19.6 Å². The largest absolute Gasteiger partial charge is 0.356 e. The summed E-state index contributed by atoms with van der Waals surface area (Å²) in [6.45, 7) is 2.06. The first kappa shape index (κ1) is 21.3. The lowest BCUT2D eigenvalue weighted by atomic mass is 10.1. The van der Waals surface area contributed by atoms with E-state index in [1.54, 1.807) is 4.90 Å². The maximum absolute atomic E-state index is 13.3. The number of carbonyl (C=O) groups excluding carboxylic acids is 1. The Kier molecular flexibility index (Phi) is 6.53. The molecule has 7 heteroatoms. The zero-order valence-electron chi connectivity index (χ0n) is 17.4. The SMILES string of the molecule is O=C(c1cc(S(=O)(=O)N2CCCC2)c[nH]1)N(CCc1ccccc1)Cc1ccccc1. The minimum Gasteiger partial charge on any atom is -0.356 e. The molecule has 0 spiro atoms. The van der Waals surface area contributed by atoms with E-state index in [1.165, 1.54) is 16.6 Å². The maximum Gasteiger partial charge on any atom is 0.270 e. The molecule has 0 aliphatic carbocycles. The van der Waals surface area contributed by atoms with Crippen LogP contribution < -0.4 is 0 Å². The third-order valence-electron chi connectivity index (χ3n) is 5.61. The Morgan fingerprint density at radius 1 is 0.935 bits per heavy atom. The van der Waals surface area contributed by atoms with Crippen molar-refractivity contribution in [2.45, 2.75) is 30.7 Å². The molecule has 0 radical (unpaired) electrons. The van der Waals surface area contributed by atoms with E-state index in [1.807, 2.05) is 60.7 Å². The van der Waals surface area contributed by atoms with Gasteiger partial charge in [-0.3, -0.25) is 4.79 Å². The number of rotatable bonds is 8. The van der Waals surface area contributed by atoms with Gasteiger partial charge in [-0.1, -0.05) is 60.7 Å². The summed E-state index contributed by atoms with van der Waals surface area (Å²) in [4.78, 5) is 18.1. The van der Waals surface area contributed by atoms with Crippen molar-refractivity contribution >= 4 is 15.9 Å². The van der Waals surface area contributed by atoms with Crippen molar-refractivity contribution < 1.29 is 13.2 Å². The highest BCUT2D eigenvalue weighted by molar-refractivity contribution is 7.89. The van der Waals surface area contributed by atoms with Gasteiger partial charge in [0.2, 0.25) is 10.0 Å². The van der Waals surface area contributed by atoms with Gasteiger partial charge in [0.25, 0.3) is 5.91 Å². The molecule has 1 aliphatic heterocycles. The van der Waals surface area contributed by atoms with Gasteiger partial charge in [0.1, 0.15) is 10.6 Å². The normalized spacial score (nSPS) is 14.6. The Bertz CT molecular complexity index is 1110. The number of aromatic amines is 1. The van der Waals surface area contributed by atoms with Crippen molar-refractivity contribution in [3.8, 4) is 0 Å². The average Bonchev–Trinajstić information content (AvgIpc) is 3.51. The van der Waals surface area contributed by atoms with E-state index >= 15 is 0 Å². The van der Waals surface area contributed by atoms with Crippen molar-refractivity contribution in [2.24, 2.45) is 0 Å². The summed E-state index contributed by atoms with van der Waals surface area (Å²) in [6, 6.07) is 21.3. The maximum atomic E-state index is 13.3. The smallest absolute Gasteiger partial charge is 0.270 e. The second kappa shape index (κ2) is 9.49. The Morgan fingerprint density at radius 2 is 1.55 bits per heavy atom. The highest BCUT2D eigenvalue weighted by Gasteiger charge is 2.29. The quantitative estimate of drug-likeness (QED) is 0.584. The zero-order chi connectivity index (χ0) is 21.7. The van der Waals surface area contributed by atoms with Gasteiger partial charge in [0, 0.05) is 32.4 Å². The molecule has 0 saturated carbocycles. The first-order valence-electron chi connectivity index (χ1n) is 10.6. The van der Waals surface area contributed by atoms with Gasteiger partial charge in [-0.25, -0.2) is 8.42 Å². The summed E-state index contributed by atoms with van der Waals surface area (Å²) in [5.74, 6) is -0.206. The van der Waals surface area contributed by atoms with Crippen molar-refractivity contribution in [1.29, 1.82) is 0 Å².